The standard InChI is InChI=1S/C27H31F6IO9S/c1-24(2,3)22(35)41-15-39-19-11-7-17(8-12-19)34(43-44(37,38)27(32,33)21(28)26(29,30)31)18-9-13-20(14-10-18)40-16-42-23(36)25(4,5)6/h7-14,21H,15-16H2,1-6H3. The van der Waals surface area contributed by atoms with Crippen LogP contribution in [0.3, 0.4) is 0 Å². The molecule has 0 N–H and O–H groups in total. The Balaban J connectivity index is 2.34. The molecule has 0 aromatic heterocycles. The van der Waals surface area contributed by atoms with Crippen molar-refractivity contribution in [2.24, 2.45) is 10.8 Å². The summed E-state index contributed by atoms with van der Waals surface area (Å²) in [6.45, 7) is 8.73. The van der Waals surface area contributed by atoms with Gasteiger partial charge in [-0.1, -0.05) is 0 Å². The maximum absolute atomic E-state index is 14.3. The molecule has 0 spiro atoms. The van der Waals surface area contributed by atoms with Gasteiger partial charge in [0.1, 0.15) is 0 Å². The number of carbonyl (C=O) groups excluding carboxylic acids is 2. The Bertz CT molecular complexity index is 1310. The number of alkyl halides is 6. The van der Waals surface area contributed by atoms with Gasteiger partial charge in [-0.05, 0) is 0 Å². The summed E-state index contributed by atoms with van der Waals surface area (Å²) >= 11 is -4.06. The summed E-state index contributed by atoms with van der Waals surface area (Å²) in [6.07, 6.45) is -11.2. The van der Waals surface area contributed by atoms with Crippen LogP contribution in [0.4, 0.5) is 26.3 Å². The summed E-state index contributed by atoms with van der Waals surface area (Å²) in [7, 11) is -6.47. The zero-order chi connectivity index (χ0) is 33.7. The van der Waals surface area contributed by atoms with Gasteiger partial charge in [0.15, 0.2) is 0 Å². The number of hydrogen-bond acceptors (Lipinski definition) is 9. The molecule has 2 aromatic rings. The molecule has 0 saturated carbocycles. The summed E-state index contributed by atoms with van der Waals surface area (Å²) in [5.41, 5.74) is -1.61. The number of carbonyl (C=O) groups is 2. The minimum atomic E-state index is -6.47. The molecule has 248 valence electrons. The van der Waals surface area contributed by atoms with E-state index in [1.54, 1.807) is 41.5 Å². The van der Waals surface area contributed by atoms with E-state index in [1.807, 2.05) is 0 Å². The van der Waals surface area contributed by atoms with E-state index in [4.69, 9.17) is 18.9 Å². The van der Waals surface area contributed by atoms with Gasteiger partial charge in [-0.25, -0.2) is 0 Å². The Kier molecular flexibility index (Phi) is 12.0. The molecule has 0 aliphatic heterocycles. The third-order valence-electron chi connectivity index (χ3n) is 5.14. The van der Waals surface area contributed by atoms with Gasteiger partial charge in [-0.2, -0.15) is 0 Å². The molecule has 0 fully saturated rings. The average Bonchev–Trinajstić information content (AvgIpc) is 2.90. The van der Waals surface area contributed by atoms with E-state index in [1.165, 1.54) is 48.5 Å². The first kappa shape index (κ1) is 37.4. The minimum absolute atomic E-state index is 0.0113. The Morgan fingerprint density at radius 2 is 1.05 bits per heavy atom. The quantitative estimate of drug-likeness (QED) is 0.0991. The zero-order valence-corrected chi connectivity index (χ0v) is 27.3. The second kappa shape index (κ2) is 14.1. The second-order valence-electron chi connectivity index (χ2n) is 11.0. The fourth-order valence-corrected chi connectivity index (χ4v) is 9.58. The van der Waals surface area contributed by atoms with Gasteiger partial charge in [0, 0.05) is 0 Å². The molecule has 17 heteroatoms. The number of rotatable bonds is 12. The van der Waals surface area contributed by atoms with Crippen LogP contribution in [0.2, 0.25) is 0 Å². The van der Waals surface area contributed by atoms with Crippen molar-refractivity contribution in [2.45, 2.75) is 59.1 Å². The number of esters is 2. The van der Waals surface area contributed by atoms with Crippen molar-refractivity contribution in [3.63, 3.8) is 0 Å². The molecule has 0 heterocycles. The van der Waals surface area contributed by atoms with Gasteiger partial charge in [0.05, 0.1) is 0 Å². The fraction of sp³-hybridized carbons (Fsp3) is 0.481. The number of benzene rings is 2. The topological polar surface area (TPSA) is 114 Å². The van der Waals surface area contributed by atoms with Crippen LogP contribution in [0.1, 0.15) is 41.5 Å². The molecule has 0 aliphatic rings. The van der Waals surface area contributed by atoms with Crippen molar-refractivity contribution in [2.75, 3.05) is 13.6 Å². The first-order chi connectivity index (χ1) is 20.0. The molecule has 0 aliphatic carbocycles. The van der Waals surface area contributed by atoms with E-state index < -0.39 is 84.3 Å². The Morgan fingerprint density at radius 3 is 1.34 bits per heavy atom. The molecule has 1 atom stereocenters. The van der Waals surface area contributed by atoms with Crippen LogP contribution >= 0.6 is 20.2 Å². The van der Waals surface area contributed by atoms with Crippen LogP contribution in [0.25, 0.3) is 0 Å². The van der Waals surface area contributed by atoms with Crippen LogP contribution < -0.4 is 9.47 Å². The van der Waals surface area contributed by atoms with Crippen LogP contribution in [-0.4, -0.2) is 51.5 Å². The van der Waals surface area contributed by atoms with E-state index >= 15 is 0 Å². The number of hydrogen-bond donors (Lipinski definition) is 0. The van der Waals surface area contributed by atoms with Crippen molar-refractivity contribution < 1.29 is 65.8 Å². The fourth-order valence-electron chi connectivity index (χ4n) is 2.67. The molecule has 0 radical (unpaired) electrons. The predicted octanol–water partition coefficient (Wildman–Crippen LogP) is 6.84. The van der Waals surface area contributed by atoms with Crippen molar-refractivity contribution in [1.82, 2.24) is 0 Å². The molecule has 0 amide bonds. The first-order valence-corrected chi connectivity index (χ1v) is 16.9. The molecular weight excluding hydrogens is 741 g/mol. The first-order valence-electron chi connectivity index (χ1n) is 12.5. The van der Waals surface area contributed by atoms with Crippen molar-refractivity contribution in [3.05, 3.63) is 55.7 Å². The maximum atomic E-state index is 14.3. The van der Waals surface area contributed by atoms with Gasteiger partial charge in [0.25, 0.3) is 0 Å². The van der Waals surface area contributed by atoms with Crippen molar-refractivity contribution in [3.8, 4) is 11.5 Å². The third-order valence-corrected chi connectivity index (χ3v) is 12.5. The Morgan fingerprint density at radius 1 is 0.705 bits per heavy atom. The third kappa shape index (κ3) is 10.1. The zero-order valence-electron chi connectivity index (χ0n) is 24.3. The number of ether oxygens (including phenoxy) is 4. The van der Waals surface area contributed by atoms with E-state index in [9.17, 15) is 44.3 Å². The molecule has 2 aromatic carbocycles. The predicted molar refractivity (Wildman–Crippen MR) is 152 cm³/mol. The average molecular weight is 772 g/mol. The summed E-state index contributed by atoms with van der Waals surface area (Å²) in [6, 6.07) is 9.89. The van der Waals surface area contributed by atoms with Crippen LogP contribution in [0.15, 0.2) is 48.5 Å². The molecule has 1 unspecified atom stereocenters. The van der Waals surface area contributed by atoms with Crippen LogP contribution in [0.5, 0.6) is 11.5 Å². The Hall–Kier alpha value is -2.80. The molecular formula is C27H31F6IO9S. The summed E-state index contributed by atoms with van der Waals surface area (Å²) in [4.78, 5) is 23.7. The van der Waals surface area contributed by atoms with Crippen LogP contribution in [0, 0.1) is 18.0 Å². The molecule has 9 nitrogen and oxygen atoms in total. The summed E-state index contributed by atoms with van der Waals surface area (Å²) in [5.74, 6) is -0.915. The Labute approximate surface area is 258 Å². The van der Waals surface area contributed by atoms with E-state index in [-0.39, 0.29) is 18.6 Å². The van der Waals surface area contributed by atoms with Gasteiger partial charge in [-0.15, -0.1) is 0 Å². The van der Waals surface area contributed by atoms with Gasteiger partial charge < -0.3 is 0 Å². The molecule has 44 heavy (non-hydrogen) atoms. The normalized spacial score (nSPS) is 14.0. The van der Waals surface area contributed by atoms with Crippen molar-refractivity contribution >= 4 is 42.3 Å². The van der Waals surface area contributed by atoms with E-state index in [2.05, 4.69) is 2.51 Å². The number of halogens is 7. The van der Waals surface area contributed by atoms with E-state index in [0.29, 0.717) is 0 Å². The van der Waals surface area contributed by atoms with E-state index in [0.717, 1.165) is 0 Å². The molecule has 0 bridgehead atoms. The van der Waals surface area contributed by atoms with Crippen LogP contribution in [-0.2, 0) is 31.7 Å². The van der Waals surface area contributed by atoms with Crippen molar-refractivity contribution in [1.29, 1.82) is 0 Å². The summed E-state index contributed by atoms with van der Waals surface area (Å²) < 4.78 is 130. The molecule has 2 rings (SSSR count). The monoisotopic (exact) mass is 772 g/mol. The summed E-state index contributed by atoms with van der Waals surface area (Å²) in [5, 5.41) is -5.96. The van der Waals surface area contributed by atoms with Gasteiger partial charge >= 0.3 is 259 Å². The van der Waals surface area contributed by atoms with Gasteiger partial charge in [-0.3, -0.25) is 0 Å². The SMILES string of the molecule is CC(C)(C)C(=O)OCOc1ccc(I(OS(=O)(=O)C(F)(F)C(F)C(F)(F)F)c2ccc(OCOC(=O)C(C)(C)C)cc2)cc1. The molecule has 0 saturated heterocycles. The second-order valence-corrected chi connectivity index (χ2v) is 17.6. The van der Waals surface area contributed by atoms with Gasteiger partial charge in [0.2, 0.25) is 0 Å².